The smallest absolute Gasteiger partial charge is 0.397 e. The van der Waals surface area contributed by atoms with Gasteiger partial charge >= 0.3 is 6.18 Å². The molecule has 10 heteroatoms. The van der Waals surface area contributed by atoms with E-state index in [2.05, 4.69) is 10.3 Å². The number of nitrogen functional groups attached to an aromatic ring is 1. The van der Waals surface area contributed by atoms with Crippen LogP contribution < -0.4 is 11.1 Å². The molecule has 0 aliphatic carbocycles. The second-order valence-electron chi connectivity index (χ2n) is 6.64. The number of rotatable bonds is 4. The van der Waals surface area contributed by atoms with Crippen LogP contribution in [0.4, 0.5) is 24.5 Å². The lowest BCUT2D eigenvalue weighted by molar-refractivity contribution is -0.136. The first-order valence-corrected chi connectivity index (χ1v) is 10.6. The Bertz CT molecular complexity index is 1290. The molecule has 0 saturated heterocycles. The van der Waals surface area contributed by atoms with Crippen molar-refractivity contribution in [3.8, 4) is 10.6 Å². The summed E-state index contributed by atoms with van der Waals surface area (Å²) in [6, 6.07) is 10.4. The van der Waals surface area contributed by atoms with Gasteiger partial charge < -0.3 is 11.1 Å². The van der Waals surface area contributed by atoms with Crippen LogP contribution in [0, 0.1) is 0 Å². The highest BCUT2D eigenvalue weighted by molar-refractivity contribution is 7.21. The maximum absolute atomic E-state index is 13.8. The van der Waals surface area contributed by atoms with Gasteiger partial charge in [-0.25, -0.2) is 4.98 Å². The fraction of sp³-hybridized carbons (Fsp3) is 0.0952. The quantitative estimate of drug-likeness (QED) is 0.375. The maximum atomic E-state index is 13.8. The summed E-state index contributed by atoms with van der Waals surface area (Å²) in [6.45, 7) is 1.35. The number of halogens is 3. The van der Waals surface area contributed by atoms with Crippen molar-refractivity contribution in [2.24, 2.45) is 0 Å². The van der Waals surface area contributed by atoms with E-state index < -0.39 is 17.5 Å². The number of pyridine rings is 1. The molecule has 0 spiro atoms. The first kappa shape index (κ1) is 21.0. The zero-order chi connectivity index (χ0) is 22.3. The van der Waals surface area contributed by atoms with Gasteiger partial charge in [-0.15, -0.1) is 22.7 Å². The van der Waals surface area contributed by atoms with Crippen molar-refractivity contribution in [1.29, 1.82) is 0 Å². The average molecular weight is 461 g/mol. The lowest BCUT2D eigenvalue weighted by Crippen LogP contribution is -2.08. The second-order valence-corrected chi connectivity index (χ2v) is 8.59. The van der Waals surface area contributed by atoms with E-state index in [0.717, 1.165) is 17.4 Å². The predicted molar refractivity (Wildman–Crippen MR) is 117 cm³/mol. The van der Waals surface area contributed by atoms with E-state index in [1.807, 2.05) is 0 Å². The molecule has 0 atom stereocenters. The molecular weight excluding hydrogens is 447 g/mol. The molecule has 4 aromatic rings. The van der Waals surface area contributed by atoms with Crippen LogP contribution in [-0.4, -0.2) is 16.7 Å². The molecular formula is C21H14F3N3O2S2. The number of hydrogen-bond acceptors (Lipinski definition) is 6. The van der Waals surface area contributed by atoms with E-state index in [1.165, 1.54) is 42.5 Å². The van der Waals surface area contributed by atoms with Gasteiger partial charge in [-0.3, -0.25) is 9.59 Å². The molecule has 0 fully saturated rings. The molecule has 3 aromatic heterocycles. The highest BCUT2D eigenvalue weighted by Crippen LogP contribution is 2.44. The number of nitrogens with two attached hydrogens (primary N) is 1. The fourth-order valence-electron chi connectivity index (χ4n) is 3.10. The molecule has 0 aliphatic rings. The van der Waals surface area contributed by atoms with Gasteiger partial charge in [0.2, 0.25) is 11.7 Å². The van der Waals surface area contributed by atoms with Crippen molar-refractivity contribution in [2.75, 3.05) is 11.1 Å². The number of anilines is 2. The van der Waals surface area contributed by atoms with Gasteiger partial charge in [-0.1, -0.05) is 6.07 Å². The fourth-order valence-corrected chi connectivity index (χ4v) is 4.87. The molecule has 0 saturated carbocycles. The summed E-state index contributed by atoms with van der Waals surface area (Å²) in [6.07, 6.45) is -4.66. The van der Waals surface area contributed by atoms with E-state index in [0.29, 0.717) is 10.6 Å². The third kappa shape index (κ3) is 4.04. The van der Waals surface area contributed by atoms with Crippen LogP contribution in [0.25, 0.3) is 20.8 Å². The van der Waals surface area contributed by atoms with Crippen molar-refractivity contribution in [3.05, 3.63) is 63.8 Å². The minimum absolute atomic E-state index is 0.0105. The largest absolute Gasteiger partial charge is 0.417 e. The van der Waals surface area contributed by atoms with Crippen molar-refractivity contribution in [1.82, 2.24) is 4.98 Å². The first-order valence-electron chi connectivity index (χ1n) is 8.91. The first-order chi connectivity index (χ1) is 14.6. The Morgan fingerprint density at radius 2 is 1.84 bits per heavy atom. The Morgan fingerprint density at radius 1 is 1.13 bits per heavy atom. The van der Waals surface area contributed by atoms with E-state index in [1.54, 1.807) is 17.5 Å². The maximum Gasteiger partial charge on any atom is 0.417 e. The molecule has 4 rings (SSSR count). The number of hydrogen-bond donors (Lipinski definition) is 2. The molecule has 158 valence electrons. The molecule has 0 unspecified atom stereocenters. The summed E-state index contributed by atoms with van der Waals surface area (Å²) in [4.78, 5) is 29.1. The number of carbonyl (C=O) groups excluding carboxylic acids is 2. The number of aromatic nitrogens is 1. The Kier molecular flexibility index (Phi) is 5.28. The van der Waals surface area contributed by atoms with Gasteiger partial charge in [0.25, 0.3) is 0 Å². The van der Waals surface area contributed by atoms with Crippen molar-refractivity contribution < 1.29 is 22.8 Å². The van der Waals surface area contributed by atoms with E-state index in [-0.39, 0.29) is 37.9 Å². The number of nitrogens with one attached hydrogen (secondary N) is 1. The van der Waals surface area contributed by atoms with E-state index >= 15 is 0 Å². The van der Waals surface area contributed by atoms with Gasteiger partial charge in [0, 0.05) is 23.6 Å². The van der Waals surface area contributed by atoms with E-state index in [9.17, 15) is 22.8 Å². The van der Waals surface area contributed by atoms with Gasteiger partial charge in [0.1, 0.15) is 9.71 Å². The number of amides is 1. The SMILES string of the molecule is CC(=O)Nc1ccc(C(=O)c2sc3nc(-c4cccs4)cc(C(F)(F)F)c3c2N)cc1. The summed E-state index contributed by atoms with van der Waals surface area (Å²) >= 11 is 2.10. The van der Waals surface area contributed by atoms with Gasteiger partial charge in [-0.05, 0) is 41.8 Å². The third-order valence-corrected chi connectivity index (χ3v) is 6.44. The Labute approximate surface area is 182 Å². The Morgan fingerprint density at radius 3 is 2.42 bits per heavy atom. The van der Waals surface area contributed by atoms with Crippen LogP contribution in [-0.2, 0) is 11.0 Å². The van der Waals surface area contributed by atoms with Crippen LogP contribution in [0.15, 0.2) is 47.8 Å². The number of nitrogens with zero attached hydrogens (tertiary/aromatic N) is 1. The number of ketones is 1. The number of benzene rings is 1. The normalized spacial score (nSPS) is 11.6. The van der Waals surface area contributed by atoms with Crippen molar-refractivity contribution in [3.63, 3.8) is 0 Å². The summed E-state index contributed by atoms with van der Waals surface area (Å²) in [7, 11) is 0. The minimum Gasteiger partial charge on any atom is -0.397 e. The number of fused-ring (bicyclic) bond motifs is 1. The molecule has 0 bridgehead atoms. The highest BCUT2D eigenvalue weighted by atomic mass is 32.1. The summed E-state index contributed by atoms with van der Waals surface area (Å²) < 4.78 is 41.4. The third-order valence-electron chi connectivity index (χ3n) is 4.45. The van der Waals surface area contributed by atoms with Crippen LogP contribution in [0.2, 0.25) is 0 Å². The van der Waals surface area contributed by atoms with Crippen molar-refractivity contribution >= 4 is 56.0 Å². The summed E-state index contributed by atoms with van der Waals surface area (Å²) in [5.74, 6) is -0.777. The molecule has 31 heavy (non-hydrogen) atoms. The summed E-state index contributed by atoms with van der Waals surface area (Å²) in [5, 5.41) is 4.06. The zero-order valence-corrected chi connectivity index (χ0v) is 17.5. The standard InChI is InChI=1S/C21H14F3N3O2S2/c1-10(28)26-12-6-4-11(5-7-12)18(29)19-17(25)16-13(21(22,23)24)9-14(27-20(16)31-19)15-3-2-8-30-15/h2-9H,25H2,1H3,(H,26,28). The lowest BCUT2D eigenvalue weighted by Gasteiger charge is -2.10. The number of thiophene rings is 2. The second kappa shape index (κ2) is 7.78. The van der Waals surface area contributed by atoms with Gasteiger partial charge in [0.05, 0.1) is 21.8 Å². The van der Waals surface area contributed by atoms with Crippen molar-refractivity contribution in [2.45, 2.75) is 13.1 Å². The molecule has 3 N–H and O–H groups in total. The Hall–Kier alpha value is -3.24. The van der Waals surface area contributed by atoms with Crippen LogP contribution in [0.5, 0.6) is 0 Å². The monoisotopic (exact) mass is 461 g/mol. The number of carbonyl (C=O) groups is 2. The van der Waals surface area contributed by atoms with E-state index in [4.69, 9.17) is 5.73 Å². The van der Waals surface area contributed by atoms with Gasteiger partial charge in [-0.2, -0.15) is 13.2 Å². The topological polar surface area (TPSA) is 85.1 Å². The highest BCUT2D eigenvalue weighted by Gasteiger charge is 2.36. The molecule has 0 radical (unpaired) electrons. The predicted octanol–water partition coefficient (Wildman–Crippen LogP) is 5.82. The minimum atomic E-state index is -4.66. The molecule has 0 aliphatic heterocycles. The molecule has 1 aromatic carbocycles. The average Bonchev–Trinajstić information content (AvgIpc) is 3.35. The van der Waals surface area contributed by atoms with Crippen LogP contribution in [0.3, 0.4) is 0 Å². The van der Waals surface area contributed by atoms with Gasteiger partial charge in [0.15, 0.2) is 0 Å². The summed E-state index contributed by atoms with van der Waals surface area (Å²) in [5.41, 5.74) is 5.78. The molecule has 3 heterocycles. The lowest BCUT2D eigenvalue weighted by atomic mass is 10.0. The zero-order valence-electron chi connectivity index (χ0n) is 15.9. The number of alkyl halides is 3. The molecule has 5 nitrogen and oxygen atoms in total. The van der Waals surface area contributed by atoms with Crippen LogP contribution >= 0.6 is 22.7 Å². The Balaban J connectivity index is 1.83. The molecule has 1 amide bonds. The van der Waals surface area contributed by atoms with Crippen LogP contribution in [0.1, 0.15) is 27.7 Å².